The molecule has 2 nitrogen and oxygen atoms in total. The Morgan fingerprint density at radius 1 is 1.60 bits per heavy atom. The van der Waals surface area contributed by atoms with E-state index in [2.05, 4.69) is 4.98 Å². The molecule has 0 aliphatic heterocycles. The molecule has 0 unspecified atom stereocenters. The molecular formula is C7H8FNO. The van der Waals surface area contributed by atoms with Crippen molar-refractivity contribution in [3.63, 3.8) is 0 Å². The summed E-state index contributed by atoms with van der Waals surface area (Å²) in [6.07, 6.45) is 0.461. The highest BCUT2D eigenvalue weighted by atomic mass is 19.1. The summed E-state index contributed by atoms with van der Waals surface area (Å²) in [6, 6.07) is 2.73. The standard InChI is InChI=1S/C7H8FNO/c1-5(10)7-3-2-6(8)4-9-7/h2-5,10H,1H3/t5-/m0/s1. The summed E-state index contributed by atoms with van der Waals surface area (Å²) in [6.45, 7) is 1.58. The maximum Gasteiger partial charge on any atom is 0.141 e. The number of hydrogen-bond acceptors (Lipinski definition) is 2. The molecule has 10 heavy (non-hydrogen) atoms. The zero-order chi connectivity index (χ0) is 7.56. The van der Waals surface area contributed by atoms with Gasteiger partial charge in [-0.1, -0.05) is 0 Å². The molecule has 0 aliphatic rings. The van der Waals surface area contributed by atoms with E-state index in [4.69, 9.17) is 5.11 Å². The molecule has 1 atom stereocenters. The van der Waals surface area contributed by atoms with E-state index in [9.17, 15) is 4.39 Å². The minimum atomic E-state index is -0.624. The lowest BCUT2D eigenvalue weighted by Crippen LogP contribution is -1.94. The largest absolute Gasteiger partial charge is 0.387 e. The summed E-state index contributed by atoms with van der Waals surface area (Å²) in [5, 5.41) is 8.93. The van der Waals surface area contributed by atoms with Crippen molar-refractivity contribution in [3.8, 4) is 0 Å². The number of aliphatic hydroxyl groups is 1. The van der Waals surface area contributed by atoms with Gasteiger partial charge >= 0.3 is 0 Å². The number of hydrogen-bond donors (Lipinski definition) is 1. The molecule has 0 spiro atoms. The fraction of sp³-hybridized carbons (Fsp3) is 0.286. The second kappa shape index (κ2) is 2.75. The van der Waals surface area contributed by atoms with Crippen LogP contribution >= 0.6 is 0 Å². The first-order valence-electron chi connectivity index (χ1n) is 2.99. The van der Waals surface area contributed by atoms with E-state index in [1.165, 1.54) is 12.1 Å². The number of pyridine rings is 1. The van der Waals surface area contributed by atoms with Gasteiger partial charge in [0, 0.05) is 0 Å². The molecule has 3 heteroatoms. The Kier molecular flexibility index (Phi) is 1.97. The first-order chi connectivity index (χ1) is 4.70. The van der Waals surface area contributed by atoms with Crippen LogP contribution in [-0.4, -0.2) is 10.1 Å². The average Bonchev–Trinajstić information content (AvgIpc) is 1.88. The molecule has 1 N–H and O–H groups in total. The molecule has 0 bridgehead atoms. The molecule has 0 saturated heterocycles. The molecule has 54 valence electrons. The molecule has 0 fully saturated rings. The molecule has 0 amide bonds. The van der Waals surface area contributed by atoms with Crippen molar-refractivity contribution < 1.29 is 9.50 Å². The SMILES string of the molecule is C[C@H](O)c1ccc(F)cn1. The lowest BCUT2D eigenvalue weighted by molar-refractivity contribution is 0.194. The van der Waals surface area contributed by atoms with Crippen LogP contribution in [0.25, 0.3) is 0 Å². The second-order valence-electron chi connectivity index (χ2n) is 2.08. The van der Waals surface area contributed by atoms with E-state index in [1.807, 2.05) is 0 Å². The molecular weight excluding hydrogens is 133 g/mol. The van der Waals surface area contributed by atoms with Crippen molar-refractivity contribution >= 4 is 0 Å². The van der Waals surface area contributed by atoms with Gasteiger partial charge in [0.05, 0.1) is 18.0 Å². The fourth-order valence-electron chi connectivity index (χ4n) is 0.634. The number of nitrogens with zero attached hydrogens (tertiary/aromatic N) is 1. The molecule has 0 aliphatic carbocycles. The third-order valence-corrected chi connectivity index (χ3v) is 1.18. The highest BCUT2D eigenvalue weighted by molar-refractivity contribution is 5.06. The molecule has 0 saturated carbocycles. The summed E-state index contributed by atoms with van der Waals surface area (Å²) in [4.78, 5) is 3.65. The van der Waals surface area contributed by atoms with E-state index in [0.717, 1.165) is 6.20 Å². The van der Waals surface area contributed by atoms with Crippen LogP contribution in [0.1, 0.15) is 18.7 Å². The normalized spacial score (nSPS) is 13.1. The van der Waals surface area contributed by atoms with Crippen molar-refractivity contribution in [1.82, 2.24) is 4.98 Å². The van der Waals surface area contributed by atoms with Crippen LogP contribution in [0.2, 0.25) is 0 Å². The Morgan fingerprint density at radius 3 is 2.70 bits per heavy atom. The predicted octanol–water partition coefficient (Wildman–Crippen LogP) is 1.27. The lowest BCUT2D eigenvalue weighted by Gasteiger charge is -2.00. The highest BCUT2D eigenvalue weighted by Crippen LogP contribution is 2.07. The summed E-state index contributed by atoms with van der Waals surface area (Å²) < 4.78 is 12.2. The van der Waals surface area contributed by atoms with Crippen LogP contribution in [0.5, 0.6) is 0 Å². The monoisotopic (exact) mass is 141 g/mol. The molecule has 1 aromatic heterocycles. The zero-order valence-corrected chi connectivity index (χ0v) is 5.58. The molecule has 0 aromatic carbocycles. The van der Waals surface area contributed by atoms with Crippen molar-refractivity contribution in [2.45, 2.75) is 13.0 Å². The minimum absolute atomic E-state index is 0.385. The average molecular weight is 141 g/mol. The number of rotatable bonds is 1. The van der Waals surface area contributed by atoms with Crippen LogP contribution < -0.4 is 0 Å². The molecule has 1 rings (SSSR count). The van der Waals surface area contributed by atoms with E-state index in [0.29, 0.717) is 5.69 Å². The van der Waals surface area contributed by atoms with E-state index in [-0.39, 0.29) is 5.82 Å². The Balaban J connectivity index is 2.89. The summed E-state index contributed by atoms with van der Waals surface area (Å²) in [7, 11) is 0. The van der Waals surface area contributed by atoms with Gasteiger partial charge in [-0.25, -0.2) is 4.39 Å². The summed E-state index contributed by atoms with van der Waals surface area (Å²) >= 11 is 0. The van der Waals surface area contributed by atoms with Gasteiger partial charge < -0.3 is 5.11 Å². The fourth-order valence-corrected chi connectivity index (χ4v) is 0.634. The number of aromatic nitrogens is 1. The van der Waals surface area contributed by atoms with Gasteiger partial charge in [-0.15, -0.1) is 0 Å². The molecule has 1 heterocycles. The van der Waals surface area contributed by atoms with Crippen molar-refractivity contribution in [1.29, 1.82) is 0 Å². The first-order valence-corrected chi connectivity index (χ1v) is 2.99. The van der Waals surface area contributed by atoms with Crippen molar-refractivity contribution in [2.75, 3.05) is 0 Å². The Labute approximate surface area is 58.3 Å². The number of halogens is 1. The van der Waals surface area contributed by atoms with E-state index >= 15 is 0 Å². The van der Waals surface area contributed by atoms with Gasteiger partial charge in [-0.05, 0) is 19.1 Å². The van der Waals surface area contributed by atoms with Crippen LogP contribution in [0, 0.1) is 5.82 Å². The highest BCUT2D eigenvalue weighted by Gasteiger charge is 2.00. The van der Waals surface area contributed by atoms with Crippen LogP contribution in [-0.2, 0) is 0 Å². The van der Waals surface area contributed by atoms with Gasteiger partial charge in [0.15, 0.2) is 0 Å². The van der Waals surface area contributed by atoms with Crippen LogP contribution in [0.15, 0.2) is 18.3 Å². The van der Waals surface area contributed by atoms with Crippen molar-refractivity contribution in [3.05, 3.63) is 29.8 Å². The zero-order valence-electron chi connectivity index (χ0n) is 5.58. The van der Waals surface area contributed by atoms with Gasteiger partial charge in [-0.3, -0.25) is 4.98 Å². The third-order valence-electron chi connectivity index (χ3n) is 1.18. The van der Waals surface area contributed by atoms with Crippen LogP contribution in [0.3, 0.4) is 0 Å². The summed E-state index contributed by atoms with van der Waals surface area (Å²) in [5.41, 5.74) is 0.487. The van der Waals surface area contributed by atoms with E-state index < -0.39 is 6.10 Å². The first kappa shape index (κ1) is 7.15. The second-order valence-corrected chi connectivity index (χ2v) is 2.08. The van der Waals surface area contributed by atoms with Crippen LogP contribution in [0.4, 0.5) is 4.39 Å². The van der Waals surface area contributed by atoms with E-state index in [1.54, 1.807) is 6.92 Å². The third kappa shape index (κ3) is 1.51. The predicted molar refractivity (Wildman–Crippen MR) is 34.8 cm³/mol. The Bertz CT molecular complexity index is 207. The maximum atomic E-state index is 12.2. The topological polar surface area (TPSA) is 33.1 Å². The Morgan fingerprint density at radius 2 is 2.30 bits per heavy atom. The smallest absolute Gasteiger partial charge is 0.141 e. The minimum Gasteiger partial charge on any atom is -0.387 e. The van der Waals surface area contributed by atoms with Gasteiger partial charge in [-0.2, -0.15) is 0 Å². The van der Waals surface area contributed by atoms with Gasteiger partial charge in [0.2, 0.25) is 0 Å². The van der Waals surface area contributed by atoms with Gasteiger partial charge in [0.1, 0.15) is 5.82 Å². The lowest BCUT2D eigenvalue weighted by atomic mass is 10.2. The molecule has 0 radical (unpaired) electrons. The quantitative estimate of drug-likeness (QED) is 0.639. The maximum absolute atomic E-state index is 12.2. The number of aliphatic hydroxyl groups excluding tert-OH is 1. The molecule has 1 aromatic rings. The summed E-state index contributed by atoms with van der Waals surface area (Å²) in [5.74, 6) is -0.385. The van der Waals surface area contributed by atoms with Crippen molar-refractivity contribution in [2.24, 2.45) is 0 Å². The van der Waals surface area contributed by atoms with Gasteiger partial charge in [0.25, 0.3) is 0 Å². The Hall–Kier alpha value is -0.960.